The SMILES string of the molecule is COc1ccc(S(=O)(=O)N(CC(=O)Nc2ccc(CC(N)=O)cc2)Cc2ccccc2)cc1Cl. The van der Waals surface area contributed by atoms with E-state index < -0.39 is 28.4 Å². The number of nitrogens with zero attached hydrogens (tertiary/aromatic N) is 1. The second-order valence-corrected chi connectivity index (χ2v) is 9.79. The number of anilines is 1. The molecule has 0 aliphatic heterocycles. The maximum Gasteiger partial charge on any atom is 0.243 e. The van der Waals surface area contributed by atoms with Crippen LogP contribution in [0.4, 0.5) is 5.69 Å². The number of amides is 2. The van der Waals surface area contributed by atoms with Gasteiger partial charge >= 0.3 is 0 Å². The van der Waals surface area contributed by atoms with Crippen molar-refractivity contribution in [3.63, 3.8) is 0 Å². The average molecular weight is 502 g/mol. The molecule has 0 aromatic heterocycles. The Labute approximate surface area is 203 Å². The van der Waals surface area contributed by atoms with Crippen LogP contribution >= 0.6 is 11.6 Å². The zero-order valence-corrected chi connectivity index (χ0v) is 20.0. The molecule has 3 aromatic carbocycles. The van der Waals surface area contributed by atoms with Crippen molar-refractivity contribution in [2.45, 2.75) is 17.9 Å². The first-order valence-electron chi connectivity index (χ1n) is 10.2. The molecule has 178 valence electrons. The minimum atomic E-state index is -4.07. The van der Waals surface area contributed by atoms with Crippen LogP contribution in [0.5, 0.6) is 5.75 Å². The van der Waals surface area contributed by atoms with Gasteiger partial charge < -0.3 is 15.8 Å². The topological polar surface area (TPSA) is 119 Å². The Morgan fingerprint density at radius 1 is 1.00 bits per heavy atom. The van der Waals surface area contributed by atoms with E-state index in [1.54, 1.807) is 48.5 Å². The van der Waals surface area contributed by atoms with Crippen LogP contribution in [0, 0.1) is 0 Å². The highest BCUT2D eigenvalue weighted by Gasteiger charge is 2.28. The van der Waals surface area contributed by atoms with Crippen molar-refractivity contribution in [3.8, 4) is 5.75 Å². The molecule has 8 nitrogen and oxygen atoms in total. The van der Waals surface area contributed by atoms with Gasteiger partial charge in [-0.1, -0.05) is 54.1 Å². The first-order chi connectivity index (χ1) is 16.2. The number of nitrogens with one attached hydrogen (secondary N) is 1. The molecule has 3 N–H and O–H groups in total. The number of hydrogen-bond acceptors (Lipinski definition) is 5. The molecule has 0 unspecified atom stereocenters. The molecule has 0 fully saturated rings. The zero-order chi connectivity index (χ0) is 24.7. The van der Waals surface area contributed by atoms with E-state index in [1.807, 2.05) is 6.07 Å². The van der Waals surface area contributed by atoms with E-state index in [9.17, 15) is 18.0 Å². The van der Waals surface area contributed by atoms with Crippen molar-refractivity contribution in [1.29, 1.82) is 0 Å². The summed E-state index contributed by atoms with van der Waals surface area (Å²) >= 11 is 6.14. The summed E-state index contributed by atoms with van der Waals surface area (Å²) in [5.41, 5.74) is 7.07. The van der Waals surface area contributed by atoms with Gasteiger partial charge in [0, 0.05) is 12.2 Å². The smallest absolute Gasteiger partial charge is 0.243 e. The molecular weight excluding hydrogens is 478 g/mol. The van der Waals surface area contributed by atoms with Gasteiger partial charge in [0.15, 0.2) is 0 Å². The van der Waals surface area contributed by atoms with Gasteiger partial charge in [0.1, 0.15) is 5.75 Å². The summed E-state index contributed by atoms with van der Waals surface area (Å²) in [4.78, 5) is 23.8. The van der Waals surface area contributed by atoms with Crippen LogP contribution in [0.25, 0.3) is 0 Å². The lowest BCUT2D eigenvalue weighted by atomic mass is 10.1. The van der Waals surface area contributed by atoms with Gasteiger partial charge in [-0.05, 0) is 41.5 Å². The number of hydrogen-bond donors (Lipinski definition) is 2. The number of rotatable bonds is 10. The van der Waals surface area contributed by atoms with E-state index in [-0.39, 0.29) is 22.9 Å². The summed E-state index contributed by atoms with van der Waals surface area (Å²) in [6.45, 7) is -0.443. The molecular formula is C24H24ClN3O5S. The summed E-state index contributed by atoms with van der Waals surface area (Å²) in [6.07, 6.45) is 0.0851. The Kier molecular flexibility index (Phi) is 8.27. The first kappa shape index (κ1) is 25.2. The van der Waals surface area contributed by atoms with E-state index in [0.717, 1.165) is 4.31 Å². The minimum absolute atomic E-state index is 0.0161. The first-order valence-corrected chi connectivity index (χ1v) is 12.1. The molecule has 10 heteroatoms. The number of methoxy groups -OCH3 is 1. The van der Waals surface area contributed by atoms with E-state index in [4.69, 9.17) is 22.1 Å². The number of carbonyl (C=O) groups is 2. The van der Waals surface area contributed by atoms with Crippen LogP contribution in [-0.2, 0) is 32.6 Å². The highest BCUT2D eigenvalue weighted by atomic mass is 35.5. The number of sulfonamides is 1. The second-order valence-electron chi connectivity index (χ2n) is 7.44. The number of nitrogens with two attached hydrogens (primary N) is 1. The molecule has 0 saturated carbocycles. The highest BCUT2D eigenvalue weighted by molar-refractivity contribution is 7.89. The van der Waals surface area contributed by atoms with Crippen molar-refractivity contribution in [3.05, 3.63) is 88.9 Å². The molecule has 3 aromatic rings. The van der Waals surface area contributed by atoms with Gasteiger partial charge in [-0.2, -0.15) is 4.31 Å². The molecule has 34 heavy (non-hydrogen) atoms. The average Bonchev–Trinajstić information content (AvgIpc) is 2.80. The van der Waals surface area contributed by atoms with Crippen LogP contribution in [0.1, 0.15) is 11.1 Å². The molecule has 2 amide bonds. The summed E-state index contributed by atoms with van der Waals surface area (Å²) in [6, 6.07) is 19.7. The number of halogens is 1. The molecule has 3 rings (SSSR count). The molecule has 0 atom stereocenters. The molecule has 0 aliphatic rings. The maximum atomic E-state index is 13.4. The molecule has 0 radical (unpaired) electrons. The number of benzene rings is 3. The molecule has 0 aliphatic carbocycles. The Morgan fingerprint density at radius 2 is 1.68 bits per heavy atom. The molecule has 0 bridgehead atoms. The number of carbonyl (C=O) groups excluding carboxylic acids is 2. The van der Waals surface area contributed by atoms with Gasteiger partial charge in [0.05, 0.1) is 30.0 Å². The van der Waals surface area contributed by atoms with Crippen LogP contribution < -0.4 is 15.8 Å². The predicted octanol–water partition coefficient (Wildman–Crippen LogP) is 3.21. The number of ether oxygens (including phenoxy) is 1. The van der Waals surface area contributed by atoms with Gasteiger partial charge in [0.25, 0.3) is 0 Å². The minimum Gasteiger partial charge on any atom is -0.495 e. The molecule has 0 heterocycles. The standard InChI is InChI=1S/C24H24ClN3O5S/c1-33-22-12-11-20(14-21(22)25)34(31,32)28(15-18-5-3-2-4-6-18)16-24(30)27-19-9-7-17(8-10-19)13-23(26)29/h2-12,14H,13,15-16H2,1H3,(H2,26,29)(H,27,30). The summed E-state index contributed by atoms with van der Waals surface area (Å²) in [5, 5.41) is 2.83. The molecule has 0 spiro atoms. The third kappa shape index (κ3) is 6.57. The second kappa shape index (κ2) is 11.1. The third-order valence-electron chi connectivity index (χ3n) is 4.90. The summed E-state index contributed by atoms with van der Waals surface area (Å²) < 4.78 is 33.0. The fourth-order valence-corrected chi connectivity index (χ4v) is 4.97. The molecule has 0 saturated heterocycles. The zero-order valence-electron chi connectivity index (χ0n) is 18.4. The Morgan fingerprint density at radius 3 is 2.26 bits per heavy atom. The van der Waals surface area contributed by atoms with Crippen molar-refractivity contribution >= 4 is 39.1 Å². The van der Waals surface area contributed by atoms with Gasteiger partial charge in [-0.15, -0.1) is 0 Å². The van der Waals surface area contributed by atoms with Gasteiger partial charge in [-0.3, -0.25) is 9.59 Å². The van der Waals surface area contributed by atoms with E-state index in [2.05, 4.69) is 5.32 Å². The maximum absolute atomic E-state index is 13.4. The fourth-order valence-electron chi connectivity index (χ4n) is 3.24. The Hall–Kier alpha value is -3.40. The normalized spacial score (nSPS) is 11.3. The number of primary amides is 1. The summed E-state index contributed by atoms with van der Waals surface area (Å²) in [7, 11) is -2.64. The Bertz CT molecular complexity index is 1270. The lowest BCUT2D eigenvalue weighted by molar-refractivity contribution is -0.117. The van der Waals surface area contributed by atoms with E-state index in [1.165, 1.54) is 25.3 Å². The lowest BCUT2D eigenvalue weighted by Gasteiger charge is -2.22. The van der Waals surface area contributed by atoms with Crippen LogP contribution in [0.15, 0.2) is 77.7 Å². The van der Waals surface area contributed by atoms with Crippen molar-refractivity contribution in [2.24, 2.45) is 5.73 Å². The quantitative estimate of drug-likeness (QED) is 0.442. The van der Waals surface area contributed by atoms with Crippen LogP contribution in [0.2, 0.25) is 5.02 Å². The van der Waals surface area contributed by atoms with Crippen molar-refractivity contribution in [1.82, 2.24) is 4.31 Å². The van der Waals surface area contributed by atoms with E-state index in [0.29, 0.717) is 22.6 Å². The van der Waals surface area contributed by atoms with Crippen molar-refractivity contribution < 1.29 is 22.7 Å². The Balaban J connectivity index is 1.83. The third-order valence-corrected chi connectivity index (χ3v) is 6.98. The van der Waals surface area contributed by atoms with Gasteiger partial charge in [0.2, 0.25) is 21.8 Å². The highest BCUT2D eigenvalue weighted by Crippen LogP contribution is 2.29. The van der Waals surface area contributed by atoms with Crippen molar-refractivity contribution in [2.75, 3.05) is 19.0 Å². The lowest BCUT2D eigenvalue weighted by Crippen LogP contribution is -2.37. The largest absolute Gasteiger partial charge is 0.495 e. The van der Waals surface area contributed by atoms with Crippen LogP contribution in [0.3, 0.4) is 0 Å². The van der Waals surface area contributed by atoms with Crippen LogP contribution in [-0.4, -0.2) is 38.2 Å². The van der Waals surface area contributed by atoms with Gasteiger partial charge in [-0.25, -0.2) is 8.42 Å². The monoisotopic (exact) mass is 501 g/mol. The van der Waals surface area contributed by atoms with E-state index >= 15 is 0 Å². The summed E-state index contributed by atoms with van der Waals surface area (Å²) in [5.74, 6) is -0.647. The predicted molar refractivity (Wildman–Crippen MR) is 130 cm³/mol. The fraction of sp³-hybridized carbons (Fsp3) is 0.167.